The van der Waals surface area contributed by atoms with Crippen molar-refractivity contribution in [3.8, 4) is 0 Å². The van der Waals surface area contributed by atoms with Crippen LogP contribution >= 0.6 is 23.2 Å². The summed E-state index contributed by atoms with van der Waals surface area (Å²) in [5, 5.41) is 18.0. The number of aliphatic hydroxyl groups excluding tert-OH is 1. The largest absolute Gasteiger partial charge is 0.444 e. The number of nitrogens with one attached hydrogen (secondary N) is 2. The first-order valence-corrected chi connectivity index (χ1v) is 10.8. The van der Waals surface area contributed by atoms with Gasteiger partial charge in [0.05, 0.1) is 12.1 Å². The molecule has 0 saturated carbocycles. The van der Waals surface area contributed by atoms with Crippen molar-refractivity contribution in [2.24, 2.45) is 0 Å². The number of carbonyl (C=O) groups excluding carboxylic acids is 1. The average molecular weight is 453 g/mol. The first-order chi connectivity index (χ1) is 14.1. The minimum atomic E-state index is -0.793. The number of benzene rings is 2. The SMILES string of the molecule is CC(C)(C)OC(=O)N[C@@H](Cc1ccccc1)[C@H](O)CNCCc1ccc(Cl)cc1Cl. The Kier molecular flexibility index (Phi) is 9.43. The lowest BCUT2D eigenvalue weighted by atomic mass is 10.0. The Morgan fingerprint density at radius 3 is 2.47 bits per heavy atom. The number of hydrogen-bond donors (Lipinski definition) is 3. The van der Waals surface area contributed by atoms with E-state index in [-0.39, 0.29) is 0 Å². The van der Waals surface area contributed by atoms with Gasteiger partial charge in [-0.3, -0.25) is 0 Å². The Morgan fingerprint density at radius 2 is 1.83 bits per heavy atom. The van der Waals surface area contributed by atoms with Crippen molar-refractivity contribution in [3.63, 3.8) is 0 Å². The molecular weight excluding hydrogens is 423 g/mol. The van der Waals surface area contributed by atoms with Crippen LogP contribution in [0.3, 0.4) is 0 Å². The molecule has 30 heavy (non-hydrogen) atoms. The maximum atomic E-state index is 12.3. The lowest BCUT2D eigenvalue weighted by Crippen LogP contribution is -2.50. The molecule has 0 bridgehead atoms. The van der Waals surface area contributed by atoms with Crippen LogP contribution in [0.2, 0.25) is 10.0 Å². The summed E-state index contributed by atoms with van der Waals surface area (Å²) < 4.78 is 5.36. The quantitative estimate of drug-likeness (QED) is 0.485. The fourth-order valence-electron chi connectivity index (χ4n) is 2.95. The molecule has 0 saturated heterocycles. The zero-order chi connectivity index (χ0) is 22.1. The smallest absolute Gasteiger partial charge is 0.407 e. The first-order valence-electron chi connectivity index (χ1n) is 10.00. The van der Waals surface area contributed by atoms with E-state index in [4.69, 9.17) is 27.9 Å². The maximum absolute atomic E-state index is 12.3. The van der Waals surface area contributed by atoms with Crippen molar-refractivity contribution >= 4 is 29.3 Å². The number of rotatable bonds is 9. The van der Waals surface area contributed by atoms with E-state index in [1.165, 1.54) is 0 Å². The highest BCUT2D eigenvalue weighted by molar-refractivity contribution is 6.35. The summed E-state index contributed by atoms with van der Waals surface area (Å²) in [5.74, 6) is 0. The van der Waals surface area contributed by atoms with Crippen LogP contribution in [0, 0.1) is 0 Å². The summed E-state index contributed by atoms with van der Waals surface area (Å²) in [7, 11) is 0. The molecule has 0 aromatic heterocycles. The molecule has 2 aromatic rings. The highest BCUT2D eigenvalue weighted by atomic mass is 35.5. The molecule has 164 valence electrons. The number of hydrogen-bond acceptors (Lipinski definition) is 4. The molecule has 5 nitrogen and oxygen atoms in total. The van der Waals surface area contributed by atoms with Crippen LogP contribution in [0.1, 0.15) is 31.9 Å². The summed E-state index contributed by atoms with van der Waals surface area (Å²) in [4.78, 5) is 12.3. The molecule has 0 unspecified atom stereocenters. The standard InChI is InChI=1S/C23H30Cl2N2O3/c1-23(2,3)30-22(29)27-20(13-16-7-5-4-6-8-16)21(28)15-26-12-11-17-9-10-18(24)14-19(17)25/h4-10,14,20-21,26,28H,11-13,15H2,1-3H3,(H,27,29)/t20-,21+/m0/s1. The second-order valence-corrected chi connectivity index (χ2v) is 9.04. The van der Waals surface area contributed by atoms with Gasteiger partial charge in [0.15, 0.2) is 0 Å². The molecule has 2 rings (SSSR count). The van der Waals surface area contributed by atoms with Gasteiger partial charge in [-0.2, -0.15) is 0 Å². The number of amides is 1. The van der Waals surface area contributed by atoms with Gasteiger partial charge in [0.1, 0.15) is 5.60 Å². The van der Waals surface area contributed by atoms with E-state index in [1.54, 1.807) is 32.9 Å². The van der Waals surface area contributed by atoms with Crippen LogP contribution in [0.15, 0.2) is 48.5 Å². The van der Waals surface area contributed by atoms with E-state index in [0.29, 0.717) is 36.0 Å². The average Bonchev–Trinajstić information content (AvgIpc) is 2.65. The third kappa shape index (κ3) is 8.92. The van der Waals surface area contributed by atoms with Crippen LogP contribution in [-0.2, 0) is 17.6 Å². The van der Waals surface area contributed by atoms with Crippen molar-refractivity contribution in [2.75, 3.05) is 13.1 Å². The van der Waals surface area contributed by atoms with Crippen LogP contribution in [0.5, 0.6) is 0 Å². The van der Waals surface area contributed by atoms with Gasteiger partial charge in [0, 0.05) is 16.6 Å². The Hall–Kier alpha value is -1.79. The molecule has 7 heteroatoms. The van der Waals surface area contributed by atoms with Crippen LogP contribution < -0.4 is 10.6 Å². The van der Waals surface area contributed by atoms with E-state index in [9.17, 15) is 9.90 Å². The van der Waals surface area contributed by atoms with Crippen molar-refractivity contribution in [1.29, 1.82) is 0 Å². The molecule has 0 aliphatic carbocycles. The lowest BCUT2D eigenvalue weighted by Gasteiger charge is -2.27. The van der Waals surface area contributed by atoms with Crippen molar-refractivity contribution in [1.82, 2.24) is 10.6 Å². The molecule has 3 N–H and O–H groups in total. The monoisotopic (exact) mass is 452 g/mol. The highest BCUT2D eigenvalue weighted by Crippen LogP contribution is 2.21. The summed E-state index contributed by atoms with van der Waals surface area (Å²) in [5.41, 5.74) is 1.39. The third-order valence-corrected chi connectivity index (χ3v) is 4.99. The summed E-state index contributed by atoms with van der Waals surface area (Å²) in [6, 6.07) is 14.6. The van der Waals surface area contributed by atoms with Crippen LogP contribution in [0.4, 0.5) is 4.79 Å². The van der Waals surface area contributed by atoms with Gasteiger partial charge in [-0.15, -0.1) is 0 Å². The molecule has 2 aromatic carbocycles. The molecule has 1 amide bonds. The third-order valence-electron chi connectivity index (χ3n) is 4.40. The second kappa shape index (κ2) is 11.6. The Bertz CT molecular complexity index is 810. The number of ether oxygens (including phenoxy) is 1. The molecule has 0 fully saturated rings. The van der Waals surface area contributed by atoms with Gasteiger partial charge in [-0.25, -0.2) is 4.79 Å². The fraction of sp³-hybridized carbons (Fsp3) is 0.435. The number of aliphatic hydroxyl groups is 1. The van der Waals surface area contributed by atoms with Crippen LogP contribution in [0.25, 0.3) is 0 Å². The highest BCUT2D eigenvalue weighted by Gasteiger charge is 2.24. The van der Waals surface area contributed by atoms with Crippen molar-refractivity contribution in [3.05, 3.63) is 69.7 Å². The van der Waals surface area contributed by atoms with Crippen molar-refractivity contribution in [2.45, 2.75) is 51.4 Å². The van der Waals surface area contributed by atoms with E-state index in [0.717, 1.165) is 11.1 Å². The van der Waals surface area contributed by atoms with Gasteiger partial charge in [0.2, 0.25) is 0 Å². The normalized spacial score (nSPS) is 13.5. The minimum absolute atomic E-state index is 0.318. The van der Waals surface area contributed by atoms with Gasteiger partial charge < -0.3 is 20.5 Å². The Labute approximate surface area is 188 Å². The summed E-state index contributed by atoms with van der Waals surface area (Å²) in [6.45, 7) is 6.36. The first kappa shape index (κ1) is 24.5. The lowest BCUT2D eigenvalue weighted by molar-refractivity contribution is 0.0423. The van der Waals surface area contributed by atoms with Crippen molar-refractivity contribution < 1.29 is 14.6 Å². The molecule has 0 radical (unpaired) electrons. The molecule has 0 heterocycles. The number of carbonyl (C=O) groups is 1. The molecule has 2 atom stereocenters. The molecule has 0 aliphatic heterocycles. The van der Waals surface area contributed by atoms with Gasteiger partial charge >= 0.3 is 6.09 Å². The summed E-state index contributed by atoms with van der Waals surface area (Å²) in [6.07, 6.45) is -0.147. The van der Waals surface area contributed by atoms with Gasteiger partial charge in [-0.05, 0) is 63.4 Å². The Balaban J connectivity index is 1.92. The van der Waals surface area contributed by atoms with Gasteiger partial charge in [0.25, 0.3) is 0 Å². The summed E-state index contributed by atoms with van der Waals surface area (Å²) >= 11 is 12.1. The van der Waals surface area contributed by atoms with Crippen LogP contribution in [-0.4, -0.2) is 42.0 Å². The zero-order valence-corrected chi connectivity index (χ0v) is 19.1. The topological polar surface area (TPSA) is 70.6 Å². The minimum Gasteiger partial charge on any atom is -0.444 e. The number of halogens is 2. The molecule has 0 spiro atoms. The zero-order valence-electron chi connectivity index (χ0n) is 17.6. The fourth-order valence-corrected chi connectivity index (χ4v) is 3.45. The van der Waals surface area contributed by atoms with Gasteiger partial charge in [-0.1, -0.05) is 59.6 Å². The second-order valence-electron chi connectivity index (χ2n) is 8.20. The maximum Gasteiger partial charge on any atom is 0.407 e. The van der Waals surface area contributed by atoms with E-state index in [1.807, 2.05) is 36.4 Å². The molecule has 0 aliphatic rings. The number of alkyl carbamates (subject to hydrolysis) is 1. The predicted molar refractivity (Wildman–Crippen MR) is 122 cm³/mol. The Morgan fingerprint density at radius 1 is 1.13 bits per heavy atom. The van der Waals surface area contributed by atoms with E-state index >= 15 is 0 Å². The van der Waals surface area contributed by atoms with E-state index < -0.39 is 23.8 Å². The van der Waals surface area contributed by atoms with E-state index in [2.05, 4.69) is 10.6 Å². The predicted octanol–water partition coefficient (Wildman–Crippen LogP) is 4.62. The molecular formula is C23H30Cl2N2O3.